The van der Waals surface area contributed by atoms with E-state index in [1.54, 1.807) is 12.1 Å². The lowest BCUT2D eigenvalue weighted by Gasteiger charge is -2.09. The molecular weight excluding hydrogens is 528 g/mol. The normalized spacial score (nSPS) is 11.6. The molecule has 0 bridgehead atoms. The summed E-state index contributed by atoms with van der Waals surface area (Å²) in [5.74, 6) is 1.28. The number of H-pyrrole nitrogens is 2. The Balaban J connectivity index is 1.25. The van der Waals surface area contributed by atoms with E-state index >= 15 is 0 Å². The largest absolute Gasteiger partial charge is 0.352 e. The number of aromatic nitrogens is 4. The van der Waals surface area contributed by atoms with Crippen LogP contribution in [0.1, 0.15) is 33.6 Å². The monoisotopic (exact) mass is 566 g/mol. The first-order valence-electron chi connectivity index (χ1n) is 14.2. The number of carbonyl (C=O) groups excluding carboxylic acids is 2. The summed E-state index contributed by atoms with van der Waals surface area (Å²) in [5.41, 5.74) is 6.28. The van der Waals surface area contributed by atoms with Crippen LogP contribution in [0.3, 0.4) is 0 Å². The zero-order valence-corrected chi connectivity index (χ0v) is 24.6. The van der Waals surface area contributed by atoms with E-state index in [2.05, 4.69) is 30.4 Å². The molecule has 5 rings (SSSR count). The zero-order chi connectivity index (χ0) is 29.6. The van der Waals surface area contributed by atoms with Crippen LogP contribution in [-0.2, 0) is 0 Å². The Labute approximate surface area is 245 Å². The van der Waals surface area contributed by atoms with Crippen molar-refractivity contribution < 1.29 is 9.59 Å². The summed E-state index contributed by atoms with van der Waals surface area (Å²) in [7, 11) is 8.08. The van der Waals surface area contributed by atoms with Crippen molar-refractivity contribution in [3.63, 3.8) is 0 Å². The highest BCUT2D eigenvalue weighted by atomic mass is 16.2. The van der Waals surface area contributed by atoms with Gasteiger partial charge in [-0.1, -0.05) is 24.3 Å². The van der Waals surface area contributed by atoms with E-state index in [9.17, 15) is 9.59 Å². The number of nitrogens with zero attached hydrogens (tertiary/aromatic N) is 4. The molecule has 0 aliphatic rings. The molecule has 2 heterocycles. The van der Waals surface area contributed by atoms with Crippen molar-refractivity contribution in [2.45, 2.75) is 12.8 Å². The number of hydrogen-bond acceptors (Lipinski definition) is 6. The highest BCUT2D eigenvalue weighted by molar-refractivity contribution is 5.98. The molecule has 10 nitrogen and oxygen atoms in total. The van der Waals surface area contributed by atoms with Gasteiger partial charge in [-0.05, 0) is 90.5 Å². The fourth-order valence-corrected chi connectivity index (χ4v) is 4.76. The molecule has 0 atom stereocenters. The van der Waals surface area contributed by atoms with Crippen LogP contribution in [-0.4, -0.2) is 95.9 Å². The average molecular weight is 567 g/mol. The molecule has 10 heteroatoms. The Bertz CT molecular complexity index is 1560. The van der Waals surface area contributed by atoms with Gasteiger partial charge in [-0.15, -0.1) is 0 Å². The summed E-state index contributed by atoms with van der Waals surface area (Å²) < 4.78 is 0. The van der Waals surface area contributed by atoms with E-state index in [0.29, 0.717) is 24.2 Å². The van der Waals surface area contributed by atoms with Crippen LogP contribution in [0.5, 0.6) is 0 Å². The molecule has 0 saturated heterocycles. The predicted octanol–water partition coefficient (Wildman–Crippen LogP) is 4.14. The van der Waals surface area contributed by atoms with Gasteiger partial charge in [-0.2, -0.15) is 0 Å². The molecule has 0 spiro atoms. The van der Waals surface area contributed by atoms with Gasteiger partial charge in [0, 0.05) is 35.3 Å². The number of amides is 2. The lowest BCUT2D eigenvalue weighted by Crippen LogP contribution is -2.27. The summed E-state index contributed by atoms with van der Waals surface area (Å²) in [6.45, 7) is 3.12. The van der Waals surface area contributed by atoms with Crippen LogP contribution in [0.15, 0.2) is 60.7 Å². The third-order valence-corrected chi connectivity index (χ3v) is 7.06. The molecule has 2 amide bonds. The molecule has 42 heavy (non-hydrogen) atoms. The summed E-state index contributed by atoms with van der Waals surface area (Å²) in [6.07, 6.45) is 1.80. The number of hydrogen-bond donors (Lipinski definition) is 4. The molecular formula is C32H38N8O2. The number of imidazole rings is 2. The highest BCUT2D eigenvalue weighted by Crippen LogP contribution is 2.26. The minimum absolute atomic E-state index is 0.0882. The van der Waals surface area contributed by atoms with Crippen LogP contribution in [0, 0.1) is 0 Å². The van der Waals surface area contributed by atoms with Crippen LogP contribution >= 0.6 is 0 Å². The minimum atomic E-state index is -0.0882. The molecule has 0 saturated carbocycles. The van der Waals surface area contributed by atoms with Crippen LogP contribution in [0.25, 0.3) is 44.8 Å². The van der Waals surface area contributed by atoms with E-state index < -0.39 is 0 Å². The van der Waals surface area contributed by atoms with Crippen LogP contribution < -0.4 is 10.6 Å². The van der Waals surface area contributed by atoms with E-state index in [1.807, 2.05) is 76.7 Å². The van der Waals surface area contributed by atoms with Gasteiger partial charge in [0.15, 0.2) is 0 Å². The quantitative estimate of drug-likeness (QED) is 0.169. The van der Waals surface area contributed by atoms with Crippen LogP contribution in [0.4, 0.5) is 0 Å². The molecule has 0 aliphatic heterocycles. The average Bonchev–Trinajstić information content (AvgIpc) is 3.61. The molecule has 3 aromatic carbocycles. The third kappa shape index (κ3) is 7.02. The lowest BCUT2D eigenvalue weighted by atomic mass is 10.1. The van der Waals surface area contributed by atoms with Gasteiger partial charge in [0.1, 0.15) is 11.6 Å². The van der Waals surface area contributed by atoms with Gasteiger partial charge in [0.25, 0.3) is 11.8 Å². The Morgan fingerprint density at radius 3 is 1.43 bits per heavy atom. The molecule has 4 N–H and O–H groups in total. The van der Waals surface area contributed by atoms with E-state index in [1.165, 1.54) is 0 Å². The molecule has 0 unspecified atom stereocenters. The number of aromatic amines is 2. The third-order valence-electron chi connectivity index (χ3n) is 7.06. The Morgan fingerprint density at radius 1 is 0.643 bits per heavy atom. The maximum atomic E-state index is 12.6. The maximum Gasteiger partial charge on any atom is 0.251 e. The summed E-state index contributed by atoms with van der Waals surface area (Å²) in [6, 6.07) is 19.0. The van der Waals surface area contributed by atoms with Crippen molar-refractivity contribution in [2.24, 2.45) is 0 Å². The first kappa shape index (κ1) is 29.0. The van der Waals surface area contributed by atoms with E-state index in [-0.39, 0.29) is 11.8 Å². The Kier molecular flexibility index (Phi) is 8.94. The zero-order valence-electron chi connectivity index (χ0n) is 24.6. The van der Waals surface area contributed by atoms with Gasteiger partial charge >= 0.3 is 0 Å². The molecule has 218 valence electrons. The summed E-state index contributed by atoms with van der Waals surface area (Å²) >= 11 is 0. The summed E-state index contributed by atoms with van der Waals surface area (Å²) in [5, 5.41) is 5.96. The second-order valence-electron chi connectivity index (χ2n) is 11.0. The number of nitrogens with one attached hydrogen (secondary N) is 4. The smallest absolute Gasteiger partial charge is 0.251 e. The number of rotatable bonds is 12. The first-order chi connectivity index (χ1) is 20.3. The molecule has 2 aromatic heterocycles. The lowest BCUT2D eigenvalue weighted by molar-refractivity contribution is 0.0944. The van der Waals surface area contributed by atoms with Crippen molar-refractivity contribution in [1.29, 1.82) is 0 Å². The topological polar surface area (TPSA) is 122 Å². The molecule has 0 radical (unpaired) electrons. The predicted molar refractivity (Wildman–Crippen MR) is 168 cm³/mol. The van der Waals surface area contributed by atoms with Gasteiger partial charge in [-0.25, -0.2) is 9.97 Å². The van der Waals surface area contributed by atoms with E-state index in [4.69, 9.17) is 9.97 Å². The molecule has 0 fully saturated rings. The highest BCUT2D eigenvalue weighted by Gasteiger charge is 2.13. The van der Waals surface area contributed by atoms with Gasteiger partial charge in [-0.3, -0.25) is 9.59 Å². The van der Waals surface area contributed by atoms with Crippen molar-refractivity contribution in [3.05, 3.63) is 71.8 Å². The summed E-state index contributed by atoms with van der Waals surface area (Å²) in [4.78, 5) is 45.5. The van der Waals surface area contributed by atoms with Crippen LogP contribution in [0.2, 0.25) is 0 Å². The fourth-order valence-electron chi connectivity index (χ4n) is 4.76. The van der Waals surface area contributed by atoms with Crippen molar-refractivity contribution in [3.8, 4) is 22.8 Å². The number of fused-ring (bicyclic) bond motifs is 2. The maximum absolute atomic E-state index is 12.6. The second-order valence-corrected chi connectivity index (χ2v) is 11.0. The van der Waals surface area contributed by atoms with E-state index in [0.717, 1.165) is 70.8 Å². The van der Waals surface area contributed by atoms with Crippen molar-refractivity contribution in [1.82, 2.24) is 40.4 Å². The molecule has 5 aromatic rings. The van der Waals surface area contributed by atoms with Gasteiger partial charge in [0.2, 0.25) is 0 Å². The number of benzene rings is 3. The second kappa shape index (κ2) is 13.0. The standard InChI is InChI=1S/C32H38N8O2/c1-39(2)17-5-15-33-31(41)23-11-13-25-27(19-23)37-29(35-25)21-7-9-22(10-8-21)30-36-26-14-12-24(20-28(26)38-30)32(42)34-16-6-18-40(3)4/h7-14,19-20H,5-6,15-18H2,1-4H3,(H,33,41)(H,34,42)(H,35,37)(H,36,38). The van der Waals surface area contributed by atoms with Crippen molar-refractivity contribution >= 4 is 33.9 Å². The Hall–Kier alpha value is -4.54. The molecule has 0 aliphatic carbocycles. The Morgan fingerprint density at radius 2 is 1.05 bits per heavy atom. The number of carbonyl (C=O) groups is 2. The minimum Gasteiger partial charge on any atom is -0.352 e. The van der Waals surface area contributed by atoms with Gasteiger partial charge < -0.3 is 30.4 Å². The fraction of sp³-hybridized carbons (Fsp3) is 0.312. The SMILES string of the molecule is CN(C)CCCNC(=O)c1ccc2nc(-c3ccc(-c4nc5ccc(C(=O)NCCCN(C)C)cc5[nH]4)cc3)[nH]c2c1. The van der Waals surface area contributed by atoms with Gasteiger partial charge in [0.05, 0.1) is 22.1 Å². The van der Waals surface area contributed by atoms with Crippen molar-refractivity contribution in [2.75, 3.05) is 54.4 Å². The first-order valence-corrected chi connectivity index (χ1v) is 14.2.